The van der Waals surface area contributed by atoms with E-state index in [-0.39, 0.29) is 0 Å². The molecule has 0 bridgehead atoms. The number of nitrogens with zero attached hydrogens (tertiary/aromatic N) is 1. The Morgan fingerprint density at radius 3 is 2.38 bits per heavy atom. The van der Waals surface area contributed by atoms with Gasteiger partial charge < -0.3 is 0 Å². The largest absolute Gasteiger partial charge is 0.222 e. The van der Waals surface area contributed by atoms with Crippen molar-refractivity contribution in [3.8, 4) is 0 Å². The van der Waals surface area contributed by atoms with Crippen LogP contribution in [-0.2, 0) is 10.0 Å². The molecule has 1 unspecified atom stereocenters. The fourth-order valence-corrected chi connectivity index (χ4v) is 3.12. The molecule has 1 atom stereocenters. The van der Waals surface area contributed by atoms with Gasteiger partial charge in [-0.25, -0.2) is 12.7 Å². The second-order valence-electron chi connectivity index (χ2n) is 3.89. The fraction of sp³-hybridized carbons (Fsp3) is 0.778. The number of hydrogen-bond acceptors (Lipinski definition) is 2. The monoisotopic (exact) mass is 203 g/mol. The molecule has 0 aromatic rings. The first-order valence-corrected chi connectivity index (χ1v) is 5.94. The Morgan fingerprint density at radius 1 is 1.38 bits per heavy atom. The Morgan fingerprint density at radius 2 is 2.00 bits per heavy atom. The second kappa shape index (κ2) is 3.42. The fourth-order valence-electron chi connectivity index (χ4n) is 1.62. The van der Waals surface area contributed by atoms with E-state index in [2.05, 4.69) is 0 Å². The molecular formula is C9H17NO2S. The van der Waals surface area contributed by atoms with E-state index in [0.717, 1.165) is 19.3 Å². The lowest BCUT2D eigenvalue weighted by Crippen LogP contribution is -2.42. The summed E-state index contributed by atoms with van der Waals surface area (Å²) in [6, 6.07) is 0. The van der Waals surface area contributed by atoms with Gasteiger partial charge in [0.1, 0.15) is 4.75 Å². The number of allylic oxidation sites excluding steroid dienone is 1. The predicted molar refractivity (Wildman–Crippen MR) is 54.0 cm³/mol. The van der Waals surface area contributed by atoms with Gasteiger partial charge in [0.05, 0.1) is 0 Å². The Hall–Kier alpha value is -0.350. The lowest BCUT2D eigenvalue weighted by Gasteiger charge is -2.31. The molecule has 0 fully saturated rings. The topological polar surface area (TPSA) is 37.4 Å². The molecule has 1 rings (SSSR count). The van der Waals surface area contributed by atoms with Crippen molar-refractivity contribution in [2.24, 2.45) is 0 Å². The molecule has 1 aliphatic rings. The maximum atomic E-state index is 11.9. The van der Waals surface area contributed by atoms with Gasteiger partial charge in [-0.3, -0.25) is 0 Å². The van der Waals surface area contributed by atoms with Crippen molar-refractivity contribution in [1.82, 2.24) is 4.31 Å². The van der Waals surface area contributed by atoms with Gasteiger partial charge in [0, 0.05) is 14.1 Å². The van der Waals surface area contributed by atoms with Gasteiger partial charge >= 0.3 is 0 Å². The van der Waals surface area contributed by atoms with Crippen LogP contribution in [0.5, 0.6) is 0 Å². The molecule has 0 aromatic carbocycles. The molecule has 4 heteroatoms. The average Bonchev–Trinajstić information content (AvgIpc) is 2.05. The quantitative estimate of drug-likeness (QED) is 0.636. The van der Waals surface area contributed by atoms with Crippen molar-refractivity contribution in [3.05, 3.63) is 12.2 Å². The van der Waals surface area contributed by atoms with Crippen LogP contribution in [0.3, 0.4) is 0 Å². The third kappa shape index (κ3) is 1.79. The summed E-state index contributed by atoms with van der Waals surface area (Å²) in [6.07, 6.45) is 6.47. The first-order valence-electron chi connectivity index (χ1n) is 4.50. The predicted octanol–water partition coefficient (Wildman–Crippen LogP) is 1.38. The number of sulfonamides is 1. The van der Waals surface area contributed by atoms with Crippen LogP contribution in [0.2, 0.25) is 0 Å². The normalized spacial score (nSPS) is 29.5. The van der Waals surface area contributed by atoms with Crippen LogP contribution in [0.15, 0.2) is 12.2 Å². The van der Waals surface area contributed by atoms with Gasteiger partial charge in [0.2, 0.25) is 10.0 Å². The zero-order valence-electron chi connectivity index (χ0n) is 8.45. The molecular weight excluding hydrogens is 186 g/mol. The van der Waals surface area contributed by atoms with Crippen LogP contribution >= 0.6 is 0 Å². The summed E-state index contributed by atoms with van der Waals surface area (Å²) in [5, 5.41) is 0. The van der Waals surface area contributed by atoms with Gasteiger partial charge in [0.25, 0.3) is 0 Å². The number of rotatable bonds is 2. The van der Waals surface area contributed by atoms with E-state index >= 15 is 0 Å². The molecule has 0 heterocycles. The molecule has 13 heavy (non-hydrogen) atoms. The first kappa shape index (κ1) is 10.7. The SMILES string of the molecule is CN(C)S(=O)(=O)C1(C)C=CCCC1. The maximum absolute atomic E-state index is 11.9. The molecule has 0 N–H and O–H groups in total. The van der Waals surface area contributed by atoms with E-state index in [1.807, 2.05) is 12.2 Å². The Kier molecular flexibility index (Phi) is 2.82. The van der Waals surface area contributed by atoms with E-state index in [1.54, 1.807) is 21.0 Å². The van der Waals surface area contributed by atoms with Crippen molar-refractivity contribution in [3.63, 3.8) is 0 Å². The Balaban J connectivity index is 3.05. The zero-order chi connectivity index (χ0) is 10.1. The van der Waals surface area contributed by atoms with Gasteiger partial charge in [-0.15, -0.1) is 0 Å². The summed E-state index contributed by atoms with van der Waals surface area (Å²) in [6.45, 7) is 1.79. The minimum Gasteiger partial charge on any atom is -0.211 e. The molecule has 0 radical (unpaired) electrons. The molecule has 76 valence electrons. The molecule has 0 amide bonds. The zero-order valence-corrected chi connectivity index (χ0v) is 9.26. The number of hydrogen-bond donors (Lipinski definition) is 0. The van der Waals surface area contributed by atoms with Gasteiger partial charge in [-0.2, -0.15) is 0 Å². The van der Waals surface area contributed by atoms with Crippen LogP contribution in [0, 0.1) is 0 Å². The average molecular weight is 203 g/mol. The van der Waals surface area contributed by atoms with Crippen molar-refractivity contribution >= 4 is 10.0 Å². The van der Waals surface area contributed by atoms with E-state index in [1.165, 1.54) is 4.31 Å². The Labute approximate surface area is 80.5 Å². The lowest BCUT2D eigenvalue weighted by atomic mass is 9.97. The van der Waals surface area contributed by atoms with Crippen molar-refractivity contribution in [2.45, 2.75) is 30.9 Å². The standard InChI is InChI=1S/C9H17NO2S/c1-9(7-5-4-6-8-9)13(11,12)10(2)3/h5,7H,4,6,8H2,1-3H3. The summed E-state index contributed by atoms with van der Waals surface area (Å²) < 4.78 is 24.4. The molecule has 0 aromatic heterocycles. The lowest BCUT2D eigenvalue weighted by molar-refractivity contribution is 0.471. The summed E-state index contributed by atoms with van der Waals surface area (Å²) in [5.74, 6) is 0. The van der Waals surface area contributed by atoms with Crippen molar-refractivity contribution < 1.29 is 8.42 Å². The van der Waals surface area contributed by atoms with Crippen LogP contribution in [0.25, 0.3) is 0 Å². The third-order valence-electron chi connectivity index (χ3n) is 2.58. The second-order valence-corrected chi connectivity index (χ2v) is 6.51. The summed E-state index contributed by atoms with van der Waals surface area (Å²) >= 11 is 0. The molecule has 0 spiro atoms. The smallest absolute Gasteiger partial charge is 0.211 e. The molecule has 0 aliphatic heterocycles. The molecule has 0 saturated carbocycles. The molecule has 3 nitrogen and oxygen atoms in total. The molecule has 1 aliphatic carbocycles. The third-order valence-corrected chi connectivity index (χ3v) is 5.06. The minimum absolute atomic E-state index is 0.686. The van der Waals surface area contributed by atoms with Crippen LogP contribution in [0.4, 0.5) is 0 Å². The minimum atomic E-state index is -3.15. The van der Waals surface area contributed by atoms with Crippen molar-refractivity contribution in [1.29, 1.82) is 0 Å². The van der Waals surface area contributed by atoms with Gasteiger partial charge in [-0.1, -0.05) is 12.2 Å². The highest BCUT2D eigenvalue weighted by molar-refractivity contribution is 7.90. The Bertz CT molecular complexity index is 306. The molecule has 0 saturated heterocycles. The summed E-state index contributed by atoms with van der Waals surface area (Å²) in [5.41, 5.74) is 0. The van der Waals surface area contributed by atoms with Crippen LogP contribution < -0.4 is 0 Å². The van der Waals surface area contributed by atoms with Crippen LogP contribution in [0.1, 0.15) is 26.2 Å². The maximum Gasteiger partial charge on any atom is 0.222 e. The van der Waals surface area contributed by atoms with Gasteiger partial charge in [-0.05, 0) is 26.2 Å². The summed E-state index contributed by atoms with van der Waals surface area (Å²) in [4.78, 5) is 0. The van der Waals surface area contributed by atoms with E-state index in [4.69, 9.17) is 0 Å². The van der Waals surface area contributed by atoms with E-state index < -0.39 is 14.8 Å². The van der Waals surface area contributed by atoms with E-state index in [9.17, 15) is 8.42 Å². The first-order chi connectivity index (χ1) is 5.90. The van der Waals surface area contributed by atoms with Gasteiger partial charge in [0.15, 0.2) is 0 Å². The highest BCUT2D eigenvalue weighted by Crippen LogP contribution is 2.30. The summed E-state index contributed by atoms with van der Waals surface area (Å²) in [7, 11) is 0.0197. The van der Waals surface area contributed by atoms with Crippen LogP contribution in [-0.4, -0.2) is 31.6 Å². The highest BCUT2D eigenvalue weighted by Gasteiger charge is 2.38. The van der Waals surface area contributed by atoms with Crippen molar-refractivity contribution in [2.75, 3.05) is 14.1 Å². The highest BCUT2D eigenvalue weighted by atomic mass is 32.2. The van der Waals surface area contributed by atoms with E-state index in [0.29, 0.717) is 0 Å².